The number of unbranched alkanes of at least 4 members (excludes halogenated alkanes) is 1. The van der Waals surface area contributed by atoms with Crippen LogP contribution in [-0.4, -0.2) is 113 Å². The second kappa shape index (κ2) is 27.2. The predicted octanol–water partition coefficient (Wildman–Crippen LogP) is 9.98. The van der Waals surface area contributed by atoms with Gasteiger partial charge in [-0.3, -0.25) is 24.0 Å². The topological polar surface area (TPSA) is 176 Å². The van der Waals surface area contributed by atoms with Crippen molar-refractivity contribution in [1.29, 1.82) is 0 Å². The lowest BCUT2D eigenvalue weighted by molar-refractivity contribution is -0.149. The number of amides is 4. The van der Waals surface area contributed by atoms with E-state index in [4.69, 9.17) is 4.74 Å². The van der Waals surface area contributed by atoms with Crippen molar-refractivity contribution in [2.75, 3.05) is 51.6 Å². The number of aromatic nitrogens is 1. The molecule has 0 radical (unpaired) electrons. The molecule has 4 aromatic carbocycles. The Morgan fingerprint density at radius 3 is 2.06 bits per heavy atom. The average Bonchev–Trinajstić information content (AvgIpc) is 0.985. The van der Waals surface area contributed by atoms with E-state index in [1.807, 2.05) is 104 Å². The number of nitrogens with one attached hydrogen (secondary N) is 4. The number of anilines is 2. The summed E-state index contributed by atoms with van der Waals surface area (Å²) in [5, 5.41) is 22.4. The van der Waals surface area contributed by atoms with Gasteiger partial charge in [0, 0.05) is 71.8 Å². The summed E-state index contributed by atoms with van der Waals surface area (Å²) in [5.74, 6) is -3.33. The zero-order valence-electron chi connectivity index (χ0n) is 50.0. The monoisotopic (exact) mass is 1140 g/mol. The van der Waals surface area contributed by atoms with Crippen LogP contribution in [0.4, 0.5) is 20.2 Å². The highest BCUT2D eigenvalue weighted by atomic mass is 28.3. The Hall–Kier alpha value is -7.27. The van der Waals surface area contributed by atoms with Gasteiger partial charge in [0.15, 0.2) is 0 Å². The van der Waals surface area contributed by atoms with Gasteiger partial charge in [-0.05, 0) is 156 Å². The van der Waals surface area contributed by atoms with Crippen LogP contribution in [-0.2, 0) is 35.1 Å². The van der Waals surface area contributed by atoms with Crippen LogP contribution < -0.4 is 36.1 Å². The summed E-state index contributed by atoms with van der Waals surface area (Å²) in [4.78, 5) is 79.4. The molecule has 82 heavy (non-hydrogen) atoms. The molecule has 0 aliphatic carbocycles. The van der Waals surface area contributed by atoms with Crippen LogP contribution in [0.25, 0.3) is 16.5 Å². The van der Waals surface area contributed by atoms with E-state index in [1.165, 1.54) is 17.0 Å². The lowest BCUT2D eigenvalue weighted by Gasteiger charge is -2.47. The van der Waals surface area contributed by atoms with Gasteiger partial charge in [0.1, 0.15) is 37.5 Å². The third kappa shape index (κ3) is 14.3. The molecule has 5 atom stereocenters. The highest BCUT2D eigenvalue weighted by Gasteiger charge is 2.50. The lowest BCUT2D eigenvalue weighted by atomic mass is 9.94. The number of hydrogen-bond donors (Lipinski definition) is 5. The first-order chi connectivity index (χ1) is 38.9. The van der Waals surface area contributed by atoms with Crippen LogP contribution in [0.5, 0.6) is 5.75 Å². The number of phenols is 1. The van der Waals surface area contributed by atoms with E-state index in [0.29, 0.717) is 66.7 Å². The van der Waals surface area contributed by atoms with Crippen molar-refractivity contribution in [2.45, 2.75) is 148 Å². The standard InChI is InChI=1S/C65H85F2N7O7Si/c1-39(2)82(40(3)4)59-37-56(72(8)9)51(66)34-49(59)48(50-35-52(67)57(73(10)11)38-60(50)82)22-18-25-61(76)68-30-16-15-24-54-65(80)74(12)58(33-46-32-45-21-13-14-23-53(45)69-46)64(79)71-55(44-26-28-47(75)29-27-44)36-62(77)81-43(7)20-17-19-41(5)31-42(6)63(78)70-54/h13-14,19,21-23,26-29,32,34-35,37-40,42-43,54-55,58,69,75H,15-18,20,24-25,30-31,33,36H2,1-12H3,(H,68,76)(H,70,78)(H,71,79)/b41-19+/t42-,43-,54-,55+,58+/m0/s1. The van der Waals surface area contributed by atoms with Crippen LogP contribution in [0.3, 0.4) is 0 Å². The SMILES string of the molecule is C/C1=C\CC[C@H](C)OC(=O)C[C@H](c2ccc(O)cc2)NC(=O)[C@@H](Cc2cc3ccccc3[nH]2)N(C)C(=O)[C@H](CCCCNC(=O)CCC=C2c3cc(F)c(N(C)C)cc3[Si](C(C)C)(C(C)C)c3cc(N(C)C)c(F)cc32)NC(=O)[C@@H](C)C1. The van der Waals surface area contributed by atoms with Crippen molar-refractivity contribution in [3.63, 3.8) is 0 Å². The molecule has 3 heterocycles. The molecule has 0 bridgehead atoms. The van der Waals surface area contributed by atoms with E-state index >= 15 is 8.78 Å². The van der Waals surface area contributed by atoms with Gasteiger partial charge in [0.2, 0.25) is 23.6 Å². The van der Waals surface area contributed by atoms with Crippen LogP contribution in [0.1, 0.15) is 135 Å². The van der Waals surface area contributed by atoms with Gasteiger partial charge in [-0.25, -0.2) is 8.78 Å². The van der Waals surface area contributed by atoms with Crippen LogP contribution in [0, 0.1) is 17.6 Å². The molecule has 2 aliphatic rings. The van der Waals surface area contributed by atoms with E-state index in [9.17, 15) is 29.1 Å². The second-order valence-corrected chi connectivity index (χ2v) is 28.8. The number of aromatic amines is 1. The van der Waals surface area contributed by atoms with E-state index in [2.05, 4.69) is 48.6 Å². The Morgan fingerprint density at radius 1 is 0.841 bits per heavy atom. The molecule has 2 aliphatic heterocycles. The van der Waals surface area contributed by atoms with E-state index in [-0.39, 0.29) is 72.5 Å². The number of rotatable bonds is 15. The Labute approximate surface area is 484 Å². The number of cyclic esters (lactones) is 1. The number of para-hydroxylation sites is 1. The minimum absolute atomic E-state index is 0.0109. The molecule has 5 aromatic rings. The fraction of sp³-hybridized carbons (Fsp3) is 0.462. The van der Waals surface area contributed by atoms with Gasteiger partial charge in [-0.15, -0.1) is 0 Å². The summed E-state index contributed by atoms with van der Waals surface area (Å²) in [6.07, 6.45) is 6.47. The molecule has 0 fully saturated rings. The number of hydrogen-bond acceptors (Lipinski definition) is 9. The number of halogens is 2. The number of benzene rings is 4. The molecule has 0 spiro atoms. The smallest absolute Gasteiger partial charge is 0.308 e. The minimum atomic E-state index is -2.71. The summed E-state index contributed by atoms with van der Waals surface area (Å²) in [6, 6.07) is 20.0. The van der Waals surface area contributed by atoms with Gasteiger partial charge >= 0.3 is 5.97 Å². The molecule has 5 N–H and O–H groups in total. The number of carbonyl (C=O) groups excluding carboxylic acids is 5. The predicted molar refractivity (Wildman–Crippen MR) is 326 cm³/mol. The molecule has 440 valence electrons. The molecule has 1 aromatic heterocycles. The zero-order valence-corrected chi connectivity index (χ0v) is 51.0. The number of likely N-dealkylation sites (N-methyl/N-ethyl adjacent to an activating group) is 1. The summed E-state index contributed by atoms with van der Waals surface area (Å²) < 4.78 is 38.0. The number of aromatic hydroxyl groups is 1. The zero-order chi connectivity index (χ0) is 59.7. The minimum Gasteiger partial charge on any atom is -0.508 e. The van der Waals surface area contributed by atoms with Crippen molar-refractivity contribution >= 4 is 75.9 Å². The van der Waals surface area contributed by atoms with E-state index < -0.39 is 56.0 Å². The largest absolute Gasteiger partial charge is 0.508 e. The fourth-order valence-corrected chi connectivity index (χ4v) is 18.4. The summed E-state index contributed by atoms with van der Waals surface area (Å²) in [7, 11) is 6.16. The molecule has 0 saturated heterocycles. The van der Waals surface area contributed by atoms with Gasteiger partial charge in [0.25, 0.3) is 0 Å². The number of fused-ring (bicyclic) bond motifs is 3. The van der Waals surface area contributed by atoms with Crippen molar-refractivity contribution in [3.05, 3.63) is 131 Å². The third-order valence-electron chi connectivity index (χ3n) is 16.6. The molecule has 0 unspecified atom stereocenters. The number of H-pyrrole nitrogens is 1. The number of carbonyl (C=O) groups is 5. The first-order valence-electron chi connectivity index (χ1n) is 29.0. The summed E-state index contributed by atoms with van der Waals surface area (Å²) in [5.41, 5.74) is 6.60. The van der Waals surface area contributed by atoms with Crippen LogP contribution in [0.2, 0.25) is 11.1 Å². The van der Waals surface area contributed by atoms with Crippen molar-refractivity contribution in [3.8, 4) is 5.75 Å². The maximum Gasteiger partial charge on any atom is 0.308 e. The molecule has 17 heteroatoms. The number of nitrogens with zero attached hydrogens (tertiary/aromatic N) is 3. The third-order valence-corrected chi connectivity index (χ3v) is 22.8. The number of allylic oxidation sites excluding steroid dienone is 3. The van der Waals surface area contributed by atoms with Crippen molar-refractivity contribution in [1.82, 2.24) is 25.8 Å². The average molecular weight is 1140 g/mol. The molecule has 0 saturated carbocycles. The normalized spacial score (nSPS) is 20.8. The number of esters is 1. The first-order valence-corrected chi connectivity index (χ1v) is 31.1. The van der Waals surface area contributed by atoms with Crippen molar-refractivity contribution < 1.29 is 42.6 Å². The molecular formula is C65H85F2N7O7Si. The van der Waals surface area contributed by atoms with E-state index in [0.717, 1.165) is 38.0 Å². The summed E-state index contributed by atoms with van der Waals surface area (Å²) in [6.45, 7) is 14.7. The fourth-order valence-electron chi connectivity index (χ4n) is 12.3. The lowest BCUT2D eigenvalue weighted by Crippen LogP contribution is -2.66. The maximum absolute atomic E-state index is 16.1. The Bertz CT molecular complexity index is 3080. The Morgan fingerprint density at radius 2 is 1.46 bits per heavy atom. The molecule has 4 amide bonds. The second-order valence-electron chi connectivity index (χ2n) is 23.7. The van der Waals surface area contributed by atoms with Gasteiger partial charge in [-0.2, -0.15) is 0 Å². The van der Waals surface area contributed by atoms with Crippen LogP contribution >= 0.6 is 0 Å². The highest BCUT2D eigenvalue weighted by molar-refractivity contribution is 7.05. The summed E-state index contributed by atoms with van der Waals surface area (Å²) >= 11 is 0. The van der Waals surface area contributed by atoms with Gasteiger partial charge in [0.05, 0.1) is 29.9 Å². The van der Waals surface area contributed by atoms with E-state index in [1.54, 1.807) is 41.1 Å². The highest BCUT2D eigenvalue weighted by Crippen LogP contribution is 2.43. The van der Waals surface area contributed by atoms with Crippen LogP contribution in [0.15, 0.2) is 96.6 Å². The molecule has 7 rings (SSSR count). The first kappa shape index (κ1) is 62.3. The number of ether oxygens (including phenoxy) is 1. The molecule has 14 nitrogen and oxygen atoms in total. The van der Waals surface area contributed by atoms with Gasteiger partial charge in [-0.1, -0.05) is 82.7 Å². The van der Waals surface area contributed by atoms with Crippen molar-refractivity contribution in [2.24, 2.45) is 5.92 Å². The molecular weight excluding hydrogens is 1060 g/mol. The Kier molecular flexibility index (Phi) is 20.7. The van der Waals surface area contributed by atoms with Gasteiger partial charge < -0.3 is 45.5 Å². The number of phenolic OH excluding ortho intramolecular Hbond substituents is 1. The quantitative estimate of drug-likeness (QED) is 0.0296. The maximum atomic E-state index is 16.1. The Balaban J connectivity index is 1.11.